The summed E-state index contributed by atoms with van der Waals surface area (Å²) in [6, 6.07) is 2.24. The third-order valence-electron chi connectivity index (χ3n) is 2.77. The van der Waals surface area contributed by atoms with Gasteiger partial charge in [-0.3, -0.25) is 4.79 Å². The van der Waals surface area contributed by atoms with Gasteiger partial charge < -0.3 is 10.0 Å². The maximum atomic E-state index is 10.6. The molecule has 1 atom stereocenters. The molecular formula is C12H19NO2S. The number of aliphatic carboxylic acids is 1. The minimum absolute atomic E-state index is 0.112. The van der Waals surface area contributed by atoms with E-state index < -0.39 is 5.97 Å². The lowest BCUT2D eigenvalue weighted by atomic mass is 10.1. The number of nitrogens with zero attached hydrogens (tertiary/aromatic N) is 1. The average Bonchev–Trinajstić information content (AvgIpc) is 2.70. The number of carboxylic acids is 1. The van der Waals surface area contributed by atoms with E-state index in [0.29, 0.717) is 0 Å². The standard InChI is InChI=1S/C12H19NO2S/c1-3-13(10(2)8-12(14)15)6-4-11-5-7-16-9-11/h5,7,9-10H,3-4,6,8H2,1-2H3,(H,14,15). The molecular weight excluding hydrogens is 222 g/mol. The number of thiophene rings is 1. The van der Waals surface area contributed by atoms with Gasteiger partial charge >= 0.3 is 5.97 Å². The highest BCUT2D eigenvalue weighted by Gasteiger charge is 2.14. The van der Waals surface area contributed by atoms with Gasteiger partial charge in [-0.05, 0) is 42.3 Å². The van der Waals surface area contributed by atoms with E-state index in [2.05, 4.69) is 28.7 Å². The van der Waals surface area contributed by atoms with Crippen molar-refractivity contribution in [2.45, 2.75) is 32.7 Å². The van der Waals surface area contributed by atoms with E-state index in [1.54, 1.807) is 11.3 Å². The molecule has 0 aliphatic heterocycles. The monoisotopic (exact) mass is 241 g/mol. The summed E-state index contributed by atoms with van der Waals surface area (Å²) in [5.74, 6) is -0.721. The van der Waals surface area contributed by atoms with Crippen LogP contribution in [0.4, 0.5) is 0 Å². The van der Waals surface area contributed by atoms with Crippen LogP contribution in [-0.2, 0) is 11.2 Å². The van der Waals surface area contributed by atoms with Crippen molar-refractivity contribution in [3.8, 4) is 0 Å². The molecule has 16 heavy (non-hydrogen) atoms. The summed E-state index contributed by atoms with van der Waals surface area (Å²) in [7, 11) is 0. The molecule has 0 amide bonds. The summed E-state index contributed by atoms with van der Waals surface area (Å²) >= 11 is 1.71. The van der Waals surface area contributed by atoms with Gasteiger partial charge in [0.25, 0.3) is 0 Å². The predicted molar refractivity (Wildman–Crippen MR) is 67.0 cm³/mol. The summed E-state index contributed by atoms with van der Waals surface area (Å²) in [6.45, 7) is 5.89. The van der Waals surface area contributed by atoms with Crippen molar-refractivity contribution >= 4 is 17.3 Å². The third kappa shape index (κ3) is 4.33. The number of likely N-dealkylation sites (N-methyl/N-ethyl adjacent to an activating group) is 1. The lowest BCUT2D eigenvalue weighted by molar-refractivity contribution is -0.138. The lowest BCUT2D eigenvalue weighted by Gasteiger charge is -2.26. The first-order valence-corrected chi connectivity index (χ1v) is 6.54. The van der Waals surface area contributed by atoms with Crippen molar-refractivity contribution in [2.24, 2.45) is 0 Å². The molecule has 1 rings (SSSR count). The Hall–Kier alpha value is -0.870. The van der Waals surface area contributed by atoms with Crippen LogP contribution in [0.2, 0.25) is 0 Å². The molecule has 0 saturated carbocycles. The Bertz CT molecular complexity index is 311. The molecule has 0 aliphatic carbocycles. The Morgan fingerprint density at radius 2 is 2.38 bits per heavy atom. The second-order valence-corrected chi connectivity index (χ2v) is 4.74. The van der Waals surface area contributed by atoms with E-state index in [4.69, 9.17) is 5.11 Å². The smallest absolute Gasteiger partial charge is 0.304 e. The molecule has 0 aliphatic rings. The maximum Gasteiger partial charge on any atom is 0.304 e. The Morgan fingerprint density at radius 3 is 2.88 bits per heavy atom. The van der Waals surface area contributed by atoms with Gasteiger partial charge in [-0.25, -0.2) is 0 Å². The summed E-state index contributed by atoms with van der Waals surface area (Å²) in [6.07, 6.45) is 1.22. The zero-order valence-electron chi connectivity index (χ0n) is 9.85. The maximum absolute atomic E-state index is 10.6. The van der Waals surface area contributed by atoms with Crippen LogP contribution in [0.1, 0.15) is 25.8 Å². The Kier molecular flexibility index (Phi) is 5.49. The van der Waals surface area contributed by atoms with Crippen molar-refractivity contribution in [3.63, 3.8) is 0 Å². The lowest BCUT2D eigenvalue weighted by Crippen LogP contribution is -2.36. The van der Waals surface area contributed by atoms with E-state index in [1.165, 1.54) is 5.56 Å². The first-order valence-electron chi connectivity index (χ1n) is 5.60. The molecule has 0 fully saturated rings. The van der Waals surface area contributed by atoms with Gasteiger partial charge in [-0.2, -0.15) is 11.3 Å². The minimum Gasteiger partial charge on any atom is -0.481 e. The van der Waals surface area contributed by atoms with Crippen LogP contribution in [0.3, 0.4) is 0 Å². The highest BCUT2D eigenvalue weighted by molar-refractivity contribution is 7.07. The van der Waals surface area contributed by atoms with Crippen LogP contribution >= 0.6 is 11.3 Å². The topological polar surface area (TPSA) is 40.5 Å². The fraction of sp³-hybridized carbons (Fsp3) is 0.583. The normalized spacial score (nSPS) is 12.9. The first-order chi connectivity index (χ1) is 7.63. The largest absolute Gasteiger partial charge is 0.481 e. The Balaban J connectivity index is 2.39. The van der Waals surface area contributed by atoms with E-state index in [-0.39, 0.29) is 12.5 Å². The summed E-state index contributed by atoms with van der Waals surface area (Å²) in [4.78, 5) is 12.9. The number of rotatable bonds is 7. The third-order valence-corrected chi connectivity index (χ3v) is 3.50. The fourth-order valence-corrected chi connectivity index (χ4v) is 2.48. The summed E-state index contributed by atoms with van der Waals surface area (Å²) in [5, 5.41) is 13.0. The van der Waals surface area contributed by atoms with Gasteiger partial charge in [0.15, 0.2) is 0 Å². The van der Waals surface area contributed by atoms with E-state index in [0.717, 1.165) is 19.5 Å². The number of carbonyl (C=O) groups is 1. The van der Waals surface area contributed by atoms with Crippen LogP contribution in [0.25, 0.3) is 0 Å². The molecule has 1 unspecified atom stereocenters. The van der Waals surface area contributed by atoms with Crippen LogP contribution < -0.4 is 0 Å². The second-order valence-electron chi connectivity index (χ2n) is 3.96. The summed E-state index contributed by atoms with van der Waals surface area (Å²) in [5.41, 5.74) is 1.34. The Morgan fingerprint density at radius 1 is 1.62 bits per heavy atom. The minimum atomic E-state index is -0.721. The van der Waals surface area contributed by atoms with Gasteiger partial charge in [0.2, 0.25) is 0 Å². The molecule has 0 bridgehead atoms. The molecule has 1 aromatic heterocycles. The number of carboxylic acid groups (broad SMARTS) is 1. The van der Waals surface area contributed by atoms with Crippen LogP contribution in [-0.4, -0.2) is 35.1 Å². The van der Waals surface area contributed by atoms with Gasteiger partial charge in [-0.15, -0.1) is 0 Å². The van der Waals surface area contributed by atoms with Crippen LogP contribution in [0.5, 0.6) is 0 Å². The van der Waals surface area contributed by atoms with Crippen molar-refractivity contribution in [2.75, 3.05) is 13.1 Å². The van der Waals surface area contributed by atoms with Crippen molar-refractivity contribution < 1.29 is 9.90 Å². The van der Waals surface area contributed by atoms with Crippen molar-refractivity contribution in [1.29, 1.82) is 0 Å². The summed E-state index contributed by atoms with van der Waals surface area (Å²) < 4.78 is 0. The molecule has 1 N–H and O–H groups in total. The molecule has 90 valence electrons. The molecule has 0 radical (unpaired) electrons. The highest BCUT2D eigenvalue weighted by atomic mass is 32.1. The zero-order valence-corrected chi connectivity index (χ0v) is 10.7. The molecule has 1 aromatic rings. The molecule has 3 nitrogen and oxygen atoms in total. The molecule has 0 spiro atoms. The Labute approximate surface area is 101 Å². The number of hydrogen-bond donors (Lipinski definition) is 1. The van der Waals surface area contributed by atoms with Crippen LogP contribution in [0, 0.1) is 0 Å². The van der Waals surface area contributed by atoms with Gasteiger partial charge in [-0.1, -0.05) is 6.92 Å². The molecule has 4 heteroatoms. The quantitative estimate of drug-likeness (QED) is 0.797. The second kappa shape index (κ2) is 6.66. The molecule has 1 heterocycles. The van der Waals surface area contributed by atoms with E-state index in [9.17, 15) is 4.79 Å². The van der Waals surface area contributed by atoms with Gasteiger partial charge in [0, 0.05) is 12.6 Å². The molecule has 0 saturated heterocycles. The predicted octanol–water partition coefficient (Wildman–Crippen LogP) is 2.48. The van der Waals surface area contributed by atoms with Crippen molar-refractivity contribution in [1.82, 2.24) is 4.90 Å². The number of hydrogen-bond acceptors (Lipinski definition) is 3. The SMILES string of the molecule is CCN(CCc1ccsc1)C(C)CC(=O)O. The molecule has 0 aromatic carbocycles. The zero-order chi connectivity index (χ0) is 12.0. The highest BCUT2D eigenvalue weighted by Crippen LogP contribution is 2.10. The van der Waals surface area contributed by atoms with Gasteiger partial charge in [0.1, 0.15) is 0 Å². The van der Waals surface area contributed by atoms with Crippen molar-refractivity contribution in [3.05, 3.63) is 22.4 Å². The van der Waals surface area contributed by atoms with E-state index >= 15 is 0 Å². The average molecular weight is 241 g/mol. The first kappa shape index (κ1) is 13.2. The van der Waals surface area contributed by atoms with Crippen LogP contribution in [0.15, 0.2) is 16.8 Å². The van der Waals surface area contributed by atoms with Gasteiger partial charge in [0.05, 0.1) is 6.42 Å². The van der Waals surface area contributed by atoms with E-state index in [1.807, 2.05) is 6.92 Å². The fourth-order valence-electron chi connectivity index (χ4n) is 1.78.